The first-order valence-corrected chi connectivity index (χ1v) is 8.90. The number of carbonyl (C=O) groups is 3. The van der Waals surface area contributed by atoms with Crippen LogP contribution >= 0.6 is 11.8 Å². The summed E-state index contributed by atoms with van der Waals surface area (Å²) in [6.07, 6.45) is 1.01. The third-order valence-corrected chi connectivity index (χ3v) is 4.50. The molecule has 1 fully saturated rings. The van der Waals surface area contributed by atoms with Gasteiger partial charge in [0.2, 0.25) is 0 Å². The number of hydrogen-bond acceptors (Lipinski definition) is 6. The molecule has 140 valence electrons. The molecule has 1 aromatic carbocycles. The fourth-order valence-electron chi connectivity index (χ4n) is 2.33. The normalized spacial score (nSPS) is 17.1. The molecule has 8 heteroatoms. The van der Waals surface area contributed by atoms with Gasteiger partial charge in [0, 0.05) is 6.42 Å². The SMILES string of the molecule is CC(C)(C)C(CCOc1ccc(/C=C2\SC(=O)NC2=O)cc1)OC(N)=O. The number of carbonyl (C=O) groups excluding carboxylic acids is 3. The summed E-state index contributed by atoms with van der Waals surface area (Å²) in [5.74, 6) is 0.265. The Kier molecular flexibility index (Phi) is 6.31. The van der Waals surface area contributed by atoms with Crippen LogP contribution in [0.1, 0.15) is 32.8 Å². The van der Waals surface area contributed by atoms with Gasteiger partial charge in [-0.15, -0.1) is 0 Å². The molecule has 0 aliphatic carbocycles. The van der Waals surface area contributed by atoms with Crippen molar-refractivity contribution < 1.29 is 23.9 Å². The van der Waals surface area contributed by atoms with Crippen molar-refractivity contribution >= 4 is 35.1 Å². The molecule has 3 N–H and O–H groups in total. The zero-order valence-corrected chi connectivity index (χ0v) is 15.7. The summed E-state index contributed by atoms with van der Waals surface area (Å²) in [4.78, 5) is 34.1. The Hall–Kier alpha value is -2.48. The number of amides is 3. The van der Waals surface area contributed by atoms with Crippen molar-refractivity contribution in [1.82, 2.24) is 5.32 Å². The Labute approximate surface area is 156 Å². The predicted octanol–water partition coefficient (Wildman–Crippen LogP) is 3.29. The minimum Gasteiger partial charge on any atom is -0.493 e. The maximum absolute atomic E-state index is 11.5. The second kappa shape index (κ2) is 8.27. The smallest absolute Gasteiger partial charge is 0.404 e. The molecule has 0 saturated carbocycles. The second-order valence-corrected chi connectivity index (χ2v) is 7.86. The van der Waals surface area contributed by atoms with E-state index in [1.165, 1.54) is 0 Å². The quantitative estimate of drug-likeness (QED) is 0.736. The Balaban J connectivity index is 1.91. The van der Waals surface area contributed by atoms with E-state index in [4.69, 9.17) is 15.2 Å². The molecule has 0 bridgehead atoms. The second-order valence-electron chi connectivity index (χ2n) is 6.85. The fourth-order valence-corrected chi connectivity index (χ4v) is 3.01. The van der Waals surface area contributed by atoms with Gasteiger partial charge in [0.15, 0.2) is 0 Å². The van der Waals surface area contributed by atoms with Crippen LogP contribution in [0.4, 0.5) is 9.59 Å². The number of nitrogens with two attached hydrogens (primary N) is 1. The minimum atomic E-state index is -0.797. The molecule has 2 rings (SSSR count). The molecule has 3 amide bonds. The molecule has 7 nitrogen and oxygen atoms in total. The van der Waals surface area contributed by atoms with Crippen molar-refractivity contribution in [3.63, 3.8) is 0 Å². The van der Waals surface area contributed by atoms with Crippen molar-refractivity contribution in [2.75, 3.05) is 6.61 Å². The monoisotopic (exact) mass is 378 g/mol. The lowest BCUT2D eigenvalue weighted by Crippen LogP contribution is -2.35. The van der Waals surface area contributed by atoms with Crippen LogP contribution in [0.3, 0.4) is 0 Å². The molecule has 1 atom stereocenters. The van der Waals surface area contributed by atoms with Crippen molar-refractivity contribution in [2.45, 2.75) is 33.3 Å². The topological polar surface area (TPSA) is 108 Å². The van der Waals surface area contributed by atoms with Crippen LogP contribution in [-0.2, 0) is 9.53 Å². The Morgan fingerprint density at radius 2 is 1.92 bits per heavy atom. The number of nitrogens with one attached hydrogen (secondary N) is 1. The van der Waals surface area contributed by atoms with E-state index in [9.17, 15) is 14.4 Å². The molecule has 26 heavy (non-hydrogen) atoms. The van der Waals surface area contributed by atoms with Gasteiger partial charge in [-0.25, -0.2) is 4.79 Å². The number of imide groups is 1. The van der Waals surface area contributed by atoms with Crippen molar-refractivity contribution in [1.29, 1.82) is 0 Å². The highest BCUT2D eigenvalue weighted by Crippen LogP contribution is 2.27. The number of primary amides is 1. The van der Waals surface area contributed by atoms with E-state index in [0.29, 0.717) is 23.7 Å². The van der Waals surface area contributed by atoms with Crippen LogP contribution in [0.2, 0.25) is 0 Å². The summed E-state index contributed by atoms with van der Waals surface area (Å²) in [7, 11) is 0. The van der Waals surface area contributed by atoms with Gasteiger partial charge in [0.25, 0.3) is 11.1 Å². The third-order valence-electron chi connectivity index (χ3n) is 3.69. The largest absolute Gasteiger partial charge is 0.493 e. The van der Waals surface area contributed by atoms with E-state index >= 15 is 0 Å². The van der Waals surface area contributed by atoms with Crippen LogP contribution in [0.25, 0.3) is 6.08 Å². The summed E-state index contributed by atoms with van der Waals surface area (Å²) in [6.45, 7) is 6.25. The lowest BCUT2D eigenvalue weighted by Gasteiger charge is -2.29. The van der Waals surface area contributed by atoms with E-state index in [-0.39, 0.29) is 22.7 Å². The zero-order valence-electron chi connectivity index (χ0n) is 14.9. The van der Waals surface area contributed by atoms with Gasteiger partial charge in [0.05, 0.1) is 11.5 Å². The van der Waals surface area contributed by atoms with Crippen LogP contribution < -0.4 is 15.8 Å². The van der Waals surface area contributed by atoms with Gasteiger partial charge in [-0.1, -0.05) is 32.9 Å². The summed E-state index contributed by atoms with van der Waals surface area (Å²) in [5, 5.41) is 1.84. The van der Waals surface area contributed by atoms with Gasteiger partial charge < -0.3 is 15.2 Å². The summed E-state index contributed by atoms with van der Waals surface area (Å²) < 4.78 is 10.8. The number of ether oxygens (including phenoxy) is 2. The van der Waals surface area contributed by atoms with Crippen molar-refractivity contribution in [3.05, 3.63) is 34.7 Å². The Morgan fingerprint density at radius 1 is 1.27 bits per heavy atom. The number of benzene rings is 1. The van der Waals surface area contributed by atoms with Gasteiger partial charge >= 0.3 is 6.09 Å². The van der Waals surface area contributed by atoms with Gasteiger partial charge in [-0.2, -0.15) is 0 Å². The van der Waals surface area contributed by atoms with Crippen LogP contribution in [0.5, 0.6) is 5.75 Å². The molecular weight excluding hydrogens is 356 g/mol. The highest BCUT2D eigenvalue weighted by atomic mass is 32.2. The van der Waals surface area contributed by atoms with Crippen LogP contribution in [0.15, 0.2) is 29.2 Å². The highest BCUT2D eigenvalue weighted by molar-refractivity contribution is 8.18. The highest BCUT2D eigenvalue weighted by Gasteiger charge is 2.27. The van der Waals surface area contributed by atoms with Gasteiger partial charge in [-0.05, 0) is 40.9 Å². The maximum atomic E-state index is 11.5. The van der Waals surface area contributed by atoms with E-state index in [0.717, 1.165) is 17.3 Å². The summed E-state index contributed by atoms with van der Waals surface area (Å²) in [5.41, 5.74) is 5.66. The first-order valence-electron chi connectivity index (χ1n) is 8.09. The molecule has 1 aliphatic rings. The average molecular weight is 378 g/mol. The fraction of sp³-hybridized carbons (Fsp3) is 0.389. The number of rotatable bonds is 6. The Morgan fingerprint density at radius 3 is 2.42 bits per heavy atom. The number of hydrogen-bond donors (Lipinski definition) is 2. The zero-order chi connectivity index (χ0) is 19.3. The molecule has 0 aromatic heterocycles. The van der Waals surface area contributed by atoms with Gasteiger partial charge in [-0.3, -0.25) is 14.9 Å². The van der Waals surface area contributed by atoms with Crippen LogP contribution in [-0.4, -0.2) is 30.0 Å². The summed E-state index contributed by atoms with van der Waals surface area (Å²) in [6, 6.07) is 7.12. The molecule has 1 heterocycles. The first kappa shape index (κ1) is 19.8. The van der Waals surface area contributed by atoms with E-state index in [1.807, 2.05) is 20.8 Å². The van der Waals surface area contributed by atoms with Crippen LogP contribution in [0, 0.1) is 5.41 Å². The maximum Gasteiger partial charge on any atom is 0.404 e. The molecular formula is C18H22N2O5S. The molecule has 1 unspecified atom stereocenters. The third kappa shape index (κ3) is 5.80. The lowest BCUT2D eigenvalue weighted by atomic mass is 9.87. The summed E-state index contributed by atoms with van der Waals surface area (Å²) >= 11 is 0.875. The number of thioether (sulfide) groups is 1. The minimum absolute atomic E-state index is 0.245. The molecule has 1 saturated heterocycles. The average Bonchev–Trinajstić information content (AvgIpc) is 2.84. The van der Waals surface area contributed by atoms with E-state index in [2.05, 4.69) is 5.32 Å². The standard InChI is InChI=1S/C18H22N2O5S/c1-18(2,3)14(25-16(19)22)8-9-24-12-6-4-11(5-7-12)10-13-15(21)20-17(23)26-13/h4-7,10,14H,8-9H2,1-3H3,(H2,19,22)(H,20,21,23)/b13-10-. The predicted molar refractivity (Wildman–Crippen MR) is 99.6 cm³/mol. The molecule has 1 aliphatic heterocycles. The molecule has 0 radical (unpaired) electrons. The van der Waals surface area contributed by atoms with E-state index in [1.54, 1.807) is 30.3 Å². The van der Waals surface area contributed by atoms with Crippen molar-refractivity contribution in [3.8, 4) is 5.75 Å². The van der Waals surface area contributed by atoms with Gasteiger partial charge in [0.1, 0.15) is 11.9 Å². The lowest BCUT2D eigenvalue weighted by molar-refractivity contribution is -0.115. The van der Waals surface area contributed by atoms with Crippen molar-refractivity contribution in [2.24, 2.45) is 11.1 Å². The first-order chi connectivity index (χ1) is 12.1. The molecule has 1 aromatic rings. The Bertz CT molecular complexity index is 722. The molecule has 0 spiro atoms. The van der Waals surface area contributed by atoms with E-state index < -0.39 is 6.09 Å².